The first-order valence-corrected chi connectivity index (χ1v) is 11.1. The summed E-state index contributed by atoms with van der Waals surface area (Å²) in [6, 6.07) is 26.2. The minimum Gasteiger partial charge on any atom is -0.325 e. The van der Waals surface area contributed by atoms with Crippen LogP contribution >= 0.6 is 11.8 Å². The fourth-order valence-corrected chi connectivity index (χ4v) is 4.05. The summed E-state index contributed by atoms with van der Waals surface area (Å²) < 4.78 is 2.05. The highest BCUT2D eigenvalue weighted by molar-refractivity contribution is 7.99. The van der Waals surface area contributed by atoms with Crippen LogP contribution in [0.3, 0.4) is 0 Å². The fourth-order valence-electron chi connectivity index (χ4n) is 3.28. The van der Waals surface area contributed by atoms with Gasteiger partial charge in [0.05, 0.1) is 5.75 Å². The summed E-state index contributed by atoms with van der Waals surface area (Å²) >= 11 is 1.39. The SMILES string of the molecule is Cc1ccc(NC(=O)CSc2nnc(Cc3ccccc3)n2-c2cccc(C)c2)cc1. The summed E-state index contributed by atoms with van der Waals surface area (Å²) in [5.41, 5.74) is 5.27. The summed E-state index contributed by atoms with van der Waals surface area (Å²) in [4.78, 5) is 12.5. The molecule has 4 aromatic rings. The molecule has 0 unspecified atom stereocenters. The van der Waals surface area contributed by atoms with E-state index >= 15 is 0 Å². The molecule has 31 heavy (non-hydrogen) atoms. The number of nitrogens with one attached hydrogen (secondary N) is 1. The van der Waals surface area contributed by atoms with Gasteiger partial charge in [-0.15, -0.1) is 10.2 Å². The Bertz CT molecular complexity index is 1170. The van der Waals surface area contributed by atoms with Gasteiger partial charge in [-0.3, -0.25) is 9.36 Å². The number of amides is 1. The molecule has 156 valence electrons. The van der Waals surface area contributed by atoms with E-state index in [0.29, 0.717) is 11.6 Å². The predicted molar refractivity (Wildman–Crippen MR) is 126 cm³/mol. The molecular weight excluding hydrogens is 404 g/mol. The predicted octanol–water partition coefficient (Wildman–Crippen LogP) is 5.21. The quantitative estimate of drug-likeness (QED) is 0.411. The third kappa shape index (κ3) is 5.41. The van der Waals surface area contributed by atoms with Crippen LogP contribution in [0.1, 0.15) is 22.5 Å². The van der Waals surface area contributed by atoms with Gasteiger partial charge in [-0.05, 0) is 49.2 Å². The van der Waals surface area contributed by atoms with Crippen LogP contribution in [0.25, 0.3) is 5.69 Å². The zero-order valence-corrected chi connectivity index (χ0v) is 18.4. The van der Waals surface area contributed by atoms with Crippen molar-refractivity contribution >= 4 is 23.4 Å². The van der Waals surface area contributed by atoms with Gasteiger partial charge in [-0.2, -0.15) is 0 Å². The van der Waals surface area contributed by atoms with Gasteiger partial charge in [0, 0.05) is 17.8 Å². The van der Waals surface area contributed by atoms with E-state index in [1.165, 1.54) is 11.8 Å². The third-order valence-corrected chi connectivity index (χ3v) is 5.76. The highest BCUT2D eigenvalue weighted by Gasteiger charge is 2.16. The van der Waals surface area contributed by atoms with Gasteiger partial charge in [0.2, 0.25) is 5.91 Å². The summed E-state index contributed by atoms with van der Waals surface area (Å²) in [7, 11) is 0. The van der Waals surface area contributed by atoms with Crippen LogP contribution in [0.4, 0.5) is 5.69 Å². The van der Waals surface area contributed by atoms with Gasteiger partial charge in [0.15, 0.2) is 5.16 Å². The molecule has 0 atom stereocenters. The number of hydrogen-bond donors (Lipinski definition) is 1. The molecular formula is C25H24N4OS. The summed E-state index contributed by atoms with van der Waals surface area (Å²) in [6.45, 7) is 4.08. The molecule has 6 heteroatoms. The second-order valence-corrected chi connectivity index (χ2v) is 8.38. The zero-order valence-electron chi connectivity index (χ0n) is 17.6. The first-order valence-electron chi connectivity index (χ1n) is 10.1. The van der Waals surface area contributed by atoms with E-state index in [1.807, 2.05) is 66.1 Å². The first-order chi connectivity index (χ1) is 15.1. The van der Waals surface area contributed by atoms with E-state index in [4.69, 9.17) is 0 Å². The van der Waals surface area contributed by atoms with Crippen molar-refractivity contribution in [2.24, 2.45) is 0 Å². The topological polar surface area (TPSA) is 59.8 Å². The van der Waals surface area contributed by atoms with Crippen LogP contribution in [0.5, 0.6) is 0 Å². The largest absolute Gasteiger partial charge is 0.325 e. The zero-order chi connectivity index (χ0) is 21.6. The van der Waals surface area contributed by atoms with Crippen molar-refractivity contribution in [1.82, 2.24) is 14.8 Å². The Hall–Kier alpha value is -3.38. The number of rotatable bonds is 7. The molecule has 3 aromatic carbocycles. The van der Waals surface area contributed by atoms with Crippen LogP contribution < -0.4 is 5.32 Å². The average molecular weight is 429 g/mol. The highest BCUT2D eigenvalue weighted by atomic mass is 32.2. The van der Waals surface area contributed by atoms with Gasteiger partial charge < -0.3 is 5.32 Å². The monoisotopic (exact) mass is 428 g/mol. The number of anilines is 1. The number of benzene rings is 3. The molecule has 1 heterocycles. The van der Waals surface area contributed by atoms with Crippen molar-refractivity contribution < 1.29 is 4.79 Å². The van der Waals surface area contributed by atoms with Crippen LogP contribution in [0.2, 0.25) is 0 Å². The first kappa shape index (κ1) is 20.9. The van der Waals surface area contributed by atoms with Crippen molar-refractivity contribution in [2.75, 3.05) is 11.1 Å². The van der Waals surface area contributed by atoms with E-state index in [1.54, 1.807) is 0 Å². The Morgan fingerprint density at radius 1 is 0.903 bits per heavy atom. The van der Waals surface area contributed by atoms with E-state index < -0.39 is 0 Å². The standard InChI is InChI=1S/C25H24N4OS/c1-18-11-13-21(14-12-18)26-24(30)17-31-25-28-27-23(16-20-8-4-3-5-9-20)29(25)22-10-6-7-19(2)15-22/h3-15H,16-17H2,1-2H3,(H,26,30). The molecule has 0 saturated heterocycles. The van der Waals surface area contributed by atoms with Gasteiger partial charge in [-0.1, -0.05) is 71.9 Å². The Labute approximate surface area is 186 Å². The maximum atomic E-state index is 12.5. The maximum absolute atomic E-state index is 12.5. The lowest BCUT2D eigenvalue weighted by molar-refractivity contribution is -0.113. The molecule has 0 spiro atoms. The van der Waals surface area contributed by atoms with Crippen molar-refractivity contribution in [3.05, 3.63) is 101 Å². The molecule has 0 aliphatic rings. The highest BCUT2D eigenvalue weighted by Crippen LogP contribution is 2.24. The van der Waals surface area contributed by atoms with Crippen LogP contribution in [-0.4, -0.2) is 26.4 Å². The Kier molecular flexibility index (Phi) is 6.48. The molecule has 1 N–H and O–H groups in total. The lowest BCUT2D eigenvalue weighted by Crippen LogP contribution is -2.14. The number of thioether (sulfide) groups is 1. The number of aromatic nitrogens is 3. The molecule has 4 rings (SSSR count). The molecule has 0 saturated carbocycles. The average Bonchev–Trinajstić information content (AvgIpc) is 3.17. The number of hydrogen-bond acceptors (Lipinski definition) is 4. The molecule has 1 amide bonds. The Morgan fingerprint density at radius 2 is 1.68 bits per heavy atom. The molecule has 0 aliphatic heterocycles. The summed E-state index contributed by atoms with van der Waals surface area (Å²) in [5, 5.41) is 12.5. The van der Waals surface area contributed by atoms with Crippen LogP contribution in [-0.2, 0) is 11.2 Å². The smallest absolute Gasteiger partial charge is 0.234 e. The van der Waals surface area contributed by atoms with Gasteiger partial charge in [0.25, 0.3) is 0 Å². The molecule has 0 fully saturated rings. The Balaban J connectivity index is 1.55. The minimum atomic E-state index is -0.0720. The maximum Gasteiger partial charge on any atom is 0.234 e. The third-order valence-electron chi connectivity index (χ3n) is 4.83. The fraction of sp³-hybridized carbons (Fsp3) is 0.160. The molecule has 0 bridgehead atoms. The van der Waals surface area contributed by atoms with E-state index in [0.717, 1.165) is 33.9 Å². The van der Waals surface area contributed by atoms with E-state index in [-0.39, 0.29) is 11.7 Å². The normalized spacial score (nSPS) is 10.8. The second-order valence-electron chi connectivity index (χ2n) is 7.44. The molecule has 1 aromatic heterocycles. The summed E-state index contributed by atoms with van der Waals surface area (Å²) in [5.74, 6) is 1.03. The van der Waals surface area contributed by atoms with Gasteiger partial charge in [-0.25, -0.2) is 0 Å². The number of carbonyl (C=O) groups excluding carboxylic acids is 1. The van der Waals surface area contributed by atoms with Crippen LogP contribution in [0.15, 0.2) is 84.0 Å². The van der Waals surface area contributed by atoms with E-state index in [2.05, 4.69) is 46.7 Å². The molecule has 0 radical (unpaired) electrons. The van der Waals surface area contributed by atoms with E-state index in [9.17, 15) is 4.79 Å². The summed E-state index contributed by atoms with van der Waals surface area (Å²) in [6.07, 6.45) is 0.665. The van der Waals surface area contributed by atoms with Gasteiger partial charge in [0.1, 0.15) is 5.82 Å². The second kappa shape index (κ2) is 9.62. The van der Waals surface area contributed by atoms with Crippen molar-refractivity contribution in [3.8, 4) is 5.69 Å². The number of nitrogens with zero attached hydrogens (tertiary/aromatic N) is 3. The van der Waals surface area contributed by atoms with Crippen molar-refractivity contribution in [2.45, 2.75) is 25.4 Å². The van der Waals surface area contributed by atoms with Crippen LogP contribution in [0, 0.1) is 13.8 Å². The molecule has 5 nitrogen and oxygen atoms in total. The lowest BCUT2D eigenvalue weighted by atomic mass is 10.1. The van der Waals surface area contributed by atoms with Gasteiger partial charge >= 0.3 is 0 Å². The Morgan fingerprint density at radius 3 is 2.42 bits per heavy atom. The molecule has 0 aliphatic carbocycles. The minimum absolute atomic E-state index is 0.0720. The number of aryl methyl sites for hydroxylation is 2. The van der Waals surface area contributed by atoms with Crippen molar-refractivity contribution in [1.29, 1.82) is 0 Å². The van der Waals surface area contributed by atoms with Crippen molar-refractivity contribution in [3.63, 3.8) is 0 Å². The lowest BCUT2D eigenvalue weighted by Gasteiger charge is -2.11. The number of carbonyl (C=O) groups is 1.